The Labute approximate surface area is 153 Å². The number of ether oxygens (including phenoxy) is 1. The zero-order valence-electron chi connectivity index (χ0n) is 17.0. The predicted octanol–water partition coefficient (Wildman–Crippen LogP) is 1.94. The van der Waals surface area contributed by atoms with Crippen LogP contribution in [0.25, 0.3) is 0 Å². The number of guanidine groups is 1. The van der Waals surface area contributed by atoms with E-state index in [2.05, 4.69) is 32.8 Å². The molecule has 0 spiro atoms. The summed E-state index contributed by atoms with van der Waals surface area (Å²) in [6.45, 7) is 15.2. The summed E-state index contributed by atoms with van der Waals surface area (Å²) in [5.74, 6) is 0.742. The molecule has 25 heavy (non-hydrogen) atoms. The predicted molar refractivity (Wildman–Crippen MR) is 103 cm³/mol. The minimum atomic E-state index is -0.502. The van der Waals surface area contributed by atoms with E-state index in [0.29, 0.717) is 6.54 Å². The fraction of sp³-hybridized carbons (Fsp3) is 0.889. The molecule has 0 aromatic carbocycles. The van der Waals surface area contributed by atoms with Crippen molar-refractivity contribution in [2.45, 2.75) is 71.6 Å². The van der Waals surface area contributed by atoms with Gasteiger partial charge in [0.25, 0.3) is 0 Å². The second-order valence-corrected chi connectivity index (χ2v) is 8.22. The molecule has 3 N–H and O–H groups in total. The number of carbonyl (C=O) groups is 1. The fourth-order valence-electron chi connectivity index (χ4n) is 2.51. The number of nitrogens with zero attached hydrogens (tertiary/aromatic N) is 2. The lowest BCUT2D eigenvalue weighted by Gasteiger charge is -2.29. The average molecular weight is 356 g/mol. The van der Waals surface area contributed by atoms with Gasteiger partial charge in [0, 0.05) is 32.7 Å². The summed E-state index contributed by atoms with van der Waals surface area (Å²) in [6.07, 6.45) is 2.24. The number of carbonyl (C=O) groups excluding carboxylic acids is 1. The first-order chi connectivity index (χ1) is 11.6. The highest BCUT2D eigenvalue weighted by molar-refractivity contribution is 5.79. The van der Waals surface area contributed by atoms with Crippen LogP contribution in [0.4, 0.5) is 4.79 Å². The Balaban J connectivity index is 2.33. The van der Waals surface area contributed by atoms with E-state index >= 15 is 0 Å². The van der Waals surface area contributed by atoms with Crippen molar-refractivity contribution in [3.63, 3.8) is 0 Å². The van der Waals surface area contributed by atoms with Gasteiger partial charge in [-0.05, 0) is 54.0 Å². The highest BCUT2D eigenvalue weighted by Gasteiger charge is 2.27. The average Bonchev–Trinajstić information content (AvgIpc) is 3.28. The number of rotatable bonds is 8. The maximum absolute atomic E-state index is 11.9. The van der Waals surface area contributed by atoms with Gasteiger partial charge in [-0.2, -0.15) is 0 Å². The Morgan fingerprint density at radius 2 is 1.84 bits per heavy atom. The first-order valence-electron chi connectivity index (χ1n) is 9.26. The van der Waals surface area contributed by atoms with Gasteiger partial charge in [0.15, 0.2) is 5.96 Å². The topological polar surface area (TPSA) is 78.0 Å². The van der Waals surface area contributed by atoms with Crippen LogP contribution in [0.3, 0.4) is 0 Å². The lowest BCUT2D eigenvalue weighted by Crippen LogP contribution is -2.54. The van der Waals surface area contributed by atoms with Crippen LogP contribution in [0.15, 0.2) is 4.99 Å². The quantitative estimate of drug-likeness (QED) is 0.458. The molecule has 0 heterocycles. The van der Waals surface area contributed by atoms with Crippen molar-refractivity contribution in [2.75, 3.05) is 33.2 Å². The number of amides is 1. The van der Waals surface area contributed by atoms with Gasteiger partial charge in [0.1, 0.15) is 5.60 Å². The summed E-state index contributed by atoms with van der Waals surface area (Å²) in [5, 5.41) is 9.48. The number of hydrogen-bond acceptors (Lipinski definition) is 4. The molecule has 7 nitrogen and oxygen atoms in total. The minimum Gasteiger partial charge on any atom is -0.444 e. The second-order valence-electron chi connectivity index (χ2n) is 8.22. The third-order valence-corrected chi connectivity index (χ3v) is 3.92. The molecule has 1 aliphatic carbocycles. The van der Waals surface area contributed by atoms with Crippen LogP contribution >= 0.6 is 0 Å². The molecule has 0 aromatic rings. The highest BCUT2D eigenvalue weighted by atomic mass is 16.6. The Morgan fingerprint density at radius 3 is 2.32 bits per heavy atom. The summed E-state index contributed by atoms with van der Waals surface area (Å²) in [4.78, 5) is 18.7. The Hall–Kier alpha value is -1.50. The Morgan fingerprint density at radius 1 is 1.20 bits per heavy atom. The maximum atomic E-state index is 11.9. The standard InChI is InChI=1S/C18H37N5O2/c1-8-23(14-9-10-14)12-11-20-15(19-7)21-13-18(5,6)22-16(24)25-17(2,3)4/h14H,8-13H2,1-7H3,(H,22,24)(H2,19,20,21). The summed E-state index contributed by atoms with van der Waals surface area (Å²) in [5.41, 5.74) is -0.957. The van der Waals surface area contributed by atoms with Crippen LogP contribution in [-0.2, 0) is 4.74 Å². The molecule has 0 saturated heterocycles. The van der Waals surface area contributed by atoms with Crippen LogP contribution < -0.4 is 16.0 Å². The van der Waals surface area contributed by atoms with Crippen LogP contribution in [-0.4, -0.2) is 67.4 Å². The third-order valence-electron chi connectivity index (χ3n) is 3.92. The van der Waals surface area contributed by atoms with Gasteiger partial charge in [0.05, 0.1) is 5.54 Å². The Kier molecular flexibility index (Phi) is 7.99. The number of alkyl carbamates (subject to hydrolysis) is 1. The molecule has 0 bridgehead atoms. The first-order valence-corrected chi connectivity index (χ1v) is 9.26. The number of hydrogen-bond donors (Lipinski definition) is 3. The highest BCUT2D eigenvalue weighted by Crippen LogP contribution is 2.25. The lowest BCUT2D eigenvalue weighted by atomic mass is 10.1. The molecular weight excluding hydrogens is 318 g/mol. The second kappa shape index (κ2) is 9.27. The molecule has 0 aliphatic heterocycles. The monoisotopic (exact) mass is 355 g/mol. The SMILES string of the molecule is CCN(CCNC(=NC)NCC(C)(C)NC(=O)OC(C)(C)C)C1CC1. The first kappa shape index (κ1) is 21.5. The molecular formula is C18H37N5O2. The van der Waals surface area contributed by atoms with Gasteiger partial charge in [-0.1, -0.05) is 6.92 Å². The van der Waals surface area contributed by atoms with Crippen molar-refractivity contribution in [2.24, 2.45) is 4.99 Å². The molecule has 0 unspecified atom stereocenters. The molecule has 146 valence electrons. The van der Waals surface area contributed by atoms with Gasteiger partial charge in [-0.25, -0.2) is 4.79 Å². The summed E-state index contributed by atoms with van der Waals surface area (Å²) in [6, 6.07) is 0.777. The molecule has 1 saturated carbocycles. The summed E-state index contributed by atoms with van der Waals surface area (Å²) < 4.78 is 5.31. The van der Waals surface area contributed by atoms with Gasteiger partial charge < -0.3 is 20.7 Å². The number of nitrogens with one attached hydrogen (secondary N) is 3. The smallest absolute Gasteiger partial charge is 0.408 e. The number of aliphatic imine (C=N–C) groups is 1. The van der Waals surface area contributed by atoms with Crippen molar-refractivity contribution in [1.82, 2.24) is 20.9 Å². The minimum absolute atomic E-state index is 0.412. The number of likely N-dealkylation sites (N-methyl/N-ethyl adjacent to an activating group) is 1. The third kappa shape index (κ3) is 9.53. The van der Waals surface area contributed by atoms with E-state index in [0.717, 1.165) is 31.6 Å². The maximum Gasteiger partial charge on any atom is 0.408 e. The largest absolute Gasteiger partial charge is 0.444 e. The molecule has 1 fully saturated rings. The molecule has 0 radical (unpaired) electrons. The van der Waals surface area contributed by atoms with Crippen molar-refractivity contribution < 1.29 is 9.53 Å². The van der Waals surface area contributed by atoms with E-state index in [9.17, 15) is 4.79 Å². The van der Waals surface area contributed by atoms with Crippen LogP contribution in [0.5, 0.6) is 0 Å². The Bertz CT molecular complexity index is 453. The molecule has 1 amide bonds. The lowest BCUT2D eigenvalue weighted by molar-refractivity contribution is 0.0474. The normalized spacial score (nSPS) is 15.9. The van der Waals surface area contributed by atoms with E-state index in [-0.39, 0.29) is 0 Å². The van der Waals surface area contributed by atoms with E-state index in [1.165, 1.54) is 12.8 Å². The van der Waals surface area contributed by atoms with Crippen molar-refractivity contribution in [1.29, 1.82) is 0 Å². The molecule has 1 rings (SSSR count). The van der Waals surface area contributed by atoms with E-state index in [1.807, 2.05) is 34.6 Å². The van der Waals surface area contributed by atoms with Crippen LogP contribution in [0.1, 0.15) is 54.4 Å². The van der Waals surface area contributed by atoms with Crippen molar-refractivity contribution in [3.05, 3.63) is 0 Å². The van der Waals surface area contributed by atoms with Crippen molar-refractivity contribution >= 4 is 12.1 Å². The van der Waals surface area contributed by atoms with Crippen LogP contribution in [0.2, 0.25) is 0 Å². The van der Waals surface area contributed by atoms with E-state index in [4.69, 9.17) is 4.74 Å². The van der Waals surface area contributed by atoms with E-state index < -0.39 is 17.2 Å². The van der Waals surface area contributed by atoms with Gasteiger partial charge >= 0.3 is 6.09 Å². The molecule has 1 aliphatic rings. The fourth-order valence-corrected chi connectivity index (χ4v) is 2.51. The zero-order valence-corrected chi connectivity index (χ0v) is 17.0. The molecule has 0 atom stereocenters. The van der Waals surface area contributed by atoms with Gasteiger partial charge in [0.2, 0.25) is 0 Å². The zero-order chi connectivity index (χ0) is 19.1. The summed E-state index contributed by atoms with van der Waals surface area (Å²) >= 11 is 0. The van der Waals surface area contributed by atoms with Crippen LogP contribution in [0, 0.1) is 0 Å². The van der Waals surface area contributed by atoms with E-state index in [1.54, 1.807) is 7.05 Å². The molecule has 7 heteroatoms. The van der Waals surface area contributed by atoms with Gasteiger partial charge in [-0.15, -0.1) is 0 Å². The van der Waals surface area contributed by atoms with Gasteiger partial charge in [-0.3, -0.25) is 9.89 Å². The van der Waals surface area contributed by atoms with Crippen molar-refractivity contribution in [3.8, 4) is 0 Å². The summed E-state index contributed by atoms with van der Waals surface area (Å²) in [7, 11) is 1.75. The molecule has 0 aromatic heterocycles.